The molecular formula is C30H50. The highest BCUT2D eigenvalue weighted by atomic mass is 14.1. The predicted molar refractivity (Wildman–Crippen MR) is 140 cm³/mol. The summed E-state index contributed by atoms with van der Waals surface area (Å²) in [4.78, 5) is 0. The summed E-state index contributed by atoms with van der Waals surface area (Å²) in [7, 11) is 0. The van der Waals surface area contributed by atoms with Gasteiger partial charge < -0.3 is 0 Å². The molecule has 0 fully saturated rings. The number of rotatable bonds is 22. The minimum atomic E-state index is 0.802. The Morgan fingerprint density at radius 2 is 0.867 bits per heavy atom. The van der Waals surface area contributed by atoms with Gasteiger partial charge in [0.05, 0.1) is 0 Å². The molecular weight excluding hydrogens is 360 g/mol. The Kier molecular flexibility index (Phi) is 18.4. The van der Waals surface area contributed by atoms with Gasteiger partial charge in [0.1, 0.15) is 0 Å². The second-order valence-electron chi connectivity index (χ2n) is 8.82. The first-order valence-electron chi connectivity index (χ1n) is 12.5. The molecule has 30 heavy (non-hydrogen) atoms. The molecule has 0 nitrogen and oxygen atoms in total. The van der Waals surface area contributed by atoms with Crippen LogP contribution < -0.4 is 0 Å². The molecule has 170 valence electrons. The van der Waals surface area contributed by atoms with Crippen LogP contribution in [0, 0.1) is 0 Å². The third kappa shape index (κ3) is 14.4. The monoisotopic (exact) mass is 410 g/mol. The molecule has 0 aromatic rings. The largest absolute Gasteiger partial charge is 0.0985 e. The van der Waals surface area contributed by atoms with Gasteiger partial charge in [0, 0.05) is 0 Å². The molecule has 0 bridgehead atoms. The van der Waals surface area contributed by atoms with E-state index in [4.69, 9.17) is 0 Å². The summed E-state index contributed by atoms with van der Waals surface area (Å²) in [6.45, 7) is 26.4. The highest BCUT2D eigenvalue weighted by Gasteiger charge is 2.09. The zero-order chi connectivity index (χ0) is 22.6. The Morgan fingerprint density at radius 3 is 1.23 bits per heavy atom. The highest BCUT2D eigenvalue weighted by Crippen LogP contribution is 2.28. The van der Waals surface area contributed by atoms with Crippen molar-refractivity contribution in [2.45, 2.75) is 116 Å². The van der Waals surface area contributed by atoms with E-state index in [1.165, 1.54) is 103 Å². The smallest absolute Gasteiger partial charge is 0.0187 e. The van der Waals surface area contributed by atoms with Crippen LogP contribution >= 0.6 is 0 Å². The first kappa shape index (κ1) is 28.4. The highest BCUT2D eigenvalue weighted by molar-refractivity contribution is 5.59. The van der Waals surface area contributed by atoms with Gasteiger partial charge in [-0.1, -0.05) is 149 Å². The Labute approximate surface area is 189 Å². The van der Waals surface area contributed by atoms with Crippen LogP contribution in [0.5, 0.6) is 0 Å². The van der Waals surface area contributed by atoms with Crippen molar-refractivity contribution in [2.75, 3.05) is 0 Å². The van der Waals surface area contributed by atoms with Crippen molar-refractivity contribution < 1.29 is 0 Å². The Hall–Kier alpha value is -1.56. The van der Waals surface area contributed by atoms with E-state index in [1.807, 2.05) is 0 Å². The molecule has 0 aliphatic carbocycles. The van der Waals surface area contributed by atoms with E-state index in [0.29, 0.717) is 0 Å². The second-order valence-corrected chi connectivity index (χ2v) is 8.82. The van der Waals surface area contributed by atoms with Crippen molar-refractivity contribution in [1.29, 1.82) is 0 Å². The van der Waals surface area contributed by atoms with Crippen LogP contribution in [-0.4, -0.2) is 0 Å². The standard InChI is InChI=1S/C30H50/c1-8-10-11-12-13-14-15-16-17-18-19-20-21-22-23-24-25-27(4)29(6)30(7)28(5)26(3)9-2/h9H,2-8,10-25H2,1H3. The summed E-state index contributed by atoms with van der Waals surface area (Å²) in [6.07, 6.45) is 25.0. The summed E-state index contributed by atoms with van der Waals surface area (Å²) >= 11 is 0. The van der Waals surface area contributed by atoms with Crippen LogP contribution in [0.15, 0.2) is 73.4 Å². The van der Waals surface area contributed by atoms with Crippen molar-refractivity contribution in [1.82, 2.24) is 0 Å². The molecule has 0 amide bonds. The number of hydrogen-bond donors (Lipinski definition) is 0. The fourth-order valence-electron chi connectivity index (χ4n) is 3.75. The van der Waals surface area contributed by atoms with Crippen LogP contribution in [0.4, 0.5) is 0 Å². The summed E-state index contributed by atoms with van der Waals surface area (Å²) in [5, 5.41) is 0. The first-order chi connectivity index (χ1) is 14.5. The molecule has 0 rings (SSSR count). The van der Waals surface area contributed by atoms with Gasteiger partial charge in [0.2, 0.25) is 0 Å². The SMILES string of the molecule is C=CC(=C)C(=C)C(=C)C(=C)C(=C)CCCCCCCCCCCCCCCCCC. The Bertz CT molecular complexity index is 542. The van der Waals surface area contributed by atoms with Crippen LogP contribution in [0.25, 0.3) is 0 Å². The Balaban J connectivity index is 3.53. The van der Waals surface area contributed by atoms with Crippen molar-refractivity contribution >= 4 is 0 Å². The van der Waals surface area contributed by atoms with Crippen LogP contribution in [0.3, 0.4) is 0 Å². The minimum Gasteiger partial charge on any atom is -0.0985 e. The lowest BCUT2D eigenvalue weighted by Gasteiger charge is -2.15. The summed E-state index contributed by atoms with van der Waals surface area (Å²) < 4.78 is 0. The van der Waals surface area contributed by atoms with Gasteiger partial charge >= 0.3 is 0 Å². The topological polar surface area (TPSA) is 0 Å². The summed E-state index contributed by atoms with van der Waals surface area (Å²) in [6, 6.07) is 0. The lowest BCUT2D eigenvalue weighted by molar-refractivity contribution is 0.529. The van der Waals surface area contributed by atoms with E-state index >= 15 is 0 Å². The zero-order valence-corrected chi connectivity index (χ0v) is 20.3. The third-order valence-electron chi connectivity index (χ3n) is 6.12. The molecule has 0 heteroatoms. The van der Waals surface area contributed by atoms with Crippen molar-refractivity contribution in [3.8, 4) is 0 Å². The van der Waals surface area contributed by atoms with E-state index in [2.05, 4.69) is 46.4 Å². The van der Waals surface area contributed by atoms with E-state index in [1.54, 1.807) is 6.08 Å². The molecule has 0 aliphatic heterocycles. The van der Waals surface area contributed by atoms with Gasteiger partial charge in [-0.25, -0.2) is 0 Å². The average Bonchev–Trinajstić information content (AvgIpc) is 2.76. The van der Waals surface area contributed by atoms with Crippen LogP contribution in [0.2, 0.25) is 0 Å². The maximum Gasteiger partial charge on any atom is -0.0187 e. The van der Waals surface area contributed by atoms with E-state index in [-0.39, 0.29) is 0 Å². The molecule has 0 unspecified atom stereocenters. The fourth-order valence-corrected chi connectivity index (χ4v) is 3.75. The van der Waals surface area contributed by atoms with E-state index < -0.39 is 0 Å². The maximum absolute atomic E-state index is 4.19. The Morgan fingerprint density at radius 1 is 0.500 bits per heavy atom. The molecule has 0 aromatic heterocycles. The van der Waals surface area contributed by atoms with Crippen molar-refractivity contribution in [3.05, 3.63) is 73.4 Å². The molecule has 0 saturated carbocycles. The quantitative estimate of drug-likeness (QED) is 0.123. The minimum absolute atomic E-state index is 0.802. The maximum atomic E-state index is 4.19. The predicted octanol–water partition coefficient (Wildman–Crippen LogP) is 10.6. The third-order valence-corrected chi connectivity index (χ3v) is 6.12. The zero-order valence-electron chi connectivity index (χ0n) is 20.3. The molecule has 0 N–H and O–H groups in total. The molecule has 0 spiro atoms. The molecule has 0 aromatic carbocycles. The van der Waals surface area contributed by atoms with Crippen molar-refractivity contribution in [2.24, 2.45) is 0 Å². The van der Waals surface area contributed by atoms with Gasteiger partial charge in [-0.15, -0.1) is 0 Å². The molecule has 0 radical (unpaired) electrons. The van der Waals surface area contributed by atoms with Gasteiger partial charge in [-0.05, 0) is 40.7 Å². The summed E-state index contributed by atoms with van der Waals surface area (Å²) in [5.74, 6) is 0. The normalized spacial score (nSPS) is 10.6. The number of allylic oxidation sites excluding steroid dienone is 6. The molecule has 0 heterocycles. The van der Waals surface area contributed by atoms with Gasteiger partial charge in [0.15, 0.2) is 0 Å². The lowest BCUT2D eigenvalue weighted by Crippen LogP contribution is -1.96. The fraction of sp³-hybridized carbons (Fsp3) is 0.600. The van der Waals surface area contributed by atoms with Gasteiger partial charge in [-0.2, -0.15) is 0 Å². The van der Waals surface area contributed by atoms with Gasteiger partial charge in [-0.3, -0.25) is 0 Å². The number of hydrogen-bond acceptors (Lipinski definition) is 0. The van der Waals surface area contributed by atoms with Crippen LogP contribution in [-0.2, 0) is 0 Å². The lowest BCUT2D eigenvalue weighted by atomic mass is 9.90. The second kappa shape index (κ2) is 19.4. The molecule has 0 aliphatic rings. The van der Waals surface area contributed by atoms with Gasteiger partial charge in [0.25, 0.3) is 0 Å². The summed E-state index contributed by atoms with van der Waals surface area (Å²) in [5.41, 5.74) is 4.42. The molecule has 0 atom stereocenters. The first-order valence-corrected chi connectivity index (χ1v) is 12.5. The van der Waals surface area contributed by atoms with Crippen molar-refractivity contribution in [3.63, 3.8) is 0 Å². The van der Waals surface area contributed by atoms with Crippen LogP contribution in [0.1, 0.15) is 116 Å². The van der Waals surface area contributed by atoms with E-state index in [9.17, 15) is 0 Å². The molecule has 0 saturated heterocycles. The van der Waals surface area contributed by atoms with E-state index in [0.717, 1.165) is 34.3 Å². The average molecular weight is 411 g/mol. The number of unbranched alkanes of at least 4 members (excludes halogenated alkanes) is 15.